The van der Waals surface area contributed by atoms with Gasteiger partial charge < -0.3 is 4.57 Å². The average molecular weight is 232 g/mol. The predicted molar refractivity (Wildman–Crippen MR) is 75.7 cm³/mol. The fourth-order valence-electron chi connectivity index (χ4n) is 2.70. The Balaban J connectivity index is 2.35. The molecule has 18 heavy (non-hydrogen) atoms. The number of fused-ring (bicyclic) bond motifs is 5. The molecule has 2 aromatic heterocycles. The first-order valence-electron chi connectivity index (χ1n) is 6.07. The van der Waals surface area contributed by atoms with Crippen molar-refractivity contribution in [3.8, 4) is 0 Å². The minimum Gasteiger partial charge on any atom is -0.349 e. The van der Waals surface area contributed by atoms with Crippen molar-refractivity contribution in [1.29, 1.82) is 0 Å². The fraction of sp³-hybridized carbons (Fsp3) is 0.0625. The predicted octanol–water partition coefficient (Wildman–Crippen LogP) is 3.88. The molecule has 0 amide bonds. The lowest BCUT2D eigenvalue weighted by Crippen LogP contribution is -1.92. The van der Waals surface area contributed by atoms with Gasteiger partial charge in [-0.15, -0.1) is 0 Å². The molecular formula is C16H12N2. The number of nitrogens with zero attached hydrogens (tertiary/aromatic N) is 2. The van der Waals surface area contributed by atoms with E-state index in [9.17, 15) is 0 Å². The highest BCUT2D eigenvalue weighted by Gasteiger charge is 2.09. The van der Waals surface area contributed by atoms with Crippen molar-refractivity contribution in [3.05, 3.63) is 54.7 Å². The molecule has 4 aromatic rings. The van der Waals surface area contributed by atoms with E-state index in [4.69, 9.17) is 4.98 Å². The first-order valence-corrected chi connectivity index (χ1v) is 6.07. The lowest BCUT2D eigenvalue weighted by molar-refractivity contribution is 0.956. The first-order chi connectivity index (χ1) is 8.84. The normalized spacial score (nSPS) is 11.6. The summed E-state index contributed by atoms with van der Waals surface area (Å²) >= 11 is 0. The molecule has 2 heterocycles. The van der Waals surface area contributed by atoms with Crippen LogP contribution in [0.5, 0.6) is 0 Å². The van der Waals surface area contributed by atoms with Gasteiger partial charge in [0.25, 0.3) is 0 Å². The van der Waals surface area contributed by atoms with E-state index in [1.807, 2.05) is 6.07 Å². The molecular weight excluding hydrogens is 220 g/mol. The highest BCUT2D eigenvalue weighted by molar-refractivity contribution is 6.15. The van der Waals surface area contributed by atoms with Crippen LogP contribution in [0.3, 0.4) is 0 Å². The van der Waals surface area contributed by atoms with Gasteiger partial charge in [-0.2, -0.15) is 0 Å². The maximum absolute atomic E-state index is 4.78. The van der Waals surface area contributed by atoms with Crippen LogP contribution in [0, 0.1) is 0 Å². The molecule has 0 bridgehead atoms. The third kappa shape index (κ3) is 1.15. The summed E-state index contributed by atoms with van der Waals surface area (Å²) in [4.78, 5) is 4.78. The summed E-state index contributed by atoms with van der Waals surface area (Å²) in [6.07, 6.45) is 2.07. The molecule has 0 aliphatic heterocycles. The standard InChI is InChI=1S/C16H12N2/c1-18-10-4-5-11-8-9-13-12-6-2-3-7-14(12)17-15(13)16(11)18/h2-10H,1H3. The van der Waals surface area contributed by atoms with Crippen molar-refractivity contribution in [2.75, 3.05) is 0 Å². The van der Waals surface area contributed by atoms with Crippen LogP contribution in [0.4, 0.5) is 0 Å². The minimum atomic E-state index is 1.07. The van der Waals surface area contributed by atoms with Crippen LogP contribution in [0.25, 0.3) is 32.7 Å². The van der Waals surface area contributed by atoms with Gasteiger partial charge in [0.15, 0.2) is 0 Å². The third-order valence-corrected chi connectivity index (χ3v) is 3.55. The number of aromatic nitrogens is 2. The smallest absolute Gasteiger partial charge is 0.0959 e. The number of hydrogen-bond donors (Lipinski definition) is 0. The zero-order chi connectivity index (χ0) is 12.1. The molecule has 4 rings (SSSR count). The second-order valence-corrected chi connectivity index (χ2v) is 4.65. The molecule has 0 spiro atoms. The van der Waals surface area contributed by atoms with Crippen molar-refractivity contribution in [2.45, 2.75) is 0 Å². The van der Waals surface area contributed by atoms with Gasteiger partial charge in [-0.25, -0.2) is 4.98 Å². The van der Waals surface area contributed by atoms with E-state index in [1.54, 1.807) is 0 Å². The Morgan fingerprint density at radius 2 is 1.78 bits per heavy atom. The van der Waals surface area contributed by atoms with Crippen LogP contribution in [-0.4, -0.2) is 9.55 Å². The monoisotopic (exact) mass is 232 g/mol. The molecule has 2 aromatic carbocycles. The number of para-hydroxylation sites is 1. The summed E-state index contributed by atoms with van der Waals surface area (Å²) in [5.41, 5.74) is 3.37. The van der Waals surface area contributed by atoms with E-state index in [2.05, 4.69) is 60.3 Å². The van der Waals surface area contributed by atoms with Gasteiger partial charge >= 0.3 is 0 Å². The number of rotatable bonds is 0. The summed E-state index contributed by atoms with van der Waals surface area (Å²) in [6.45, 7) is 0. The van der Waals surface area contributed by atoms with Crippen LogP contribution < -0.4 is 0 Å². The summed E-state index contributed by atoms with van der Waals surface area (Å²) in [5.74, 6) is 0. The van der Waals surface area contributed by atoms with Crippen molar-refractivity contribution in [2.24, 2.45) is 7.05 Å². The average Bonchev–Trinajstić information content (AvgIpc) is 2.77. The highest BCUT2D eigenvalue weighted by atomic mass is 14.9. The van der Waals surface area contributed by atoms with Crippen LogP contribution >= 0.6 is 0 Å². The molecule has 0 saturated carbocycles. The zero-order valence-electron chi connectivity index (χ0n) is 10.1. The van der Waals surface area contributed by atoms with Gasteiger partial charge in [0, 0.05) is 29.4 Å². The SMILES string of the molecule is Cn1cccc2ccc3c4ccccc4nc3c21. The maximum atomic E-state index is 4.78. The van der Waals surface area contributed by atoms with Gasteiger partial charge in [0.2, 0.25) is 0 Å². The van der Waals surface area contributed by atoms with Crippen molar-refractivity contribution >= 4 is 32.7 Å². The number of benzene rings is 2. The molecule has 0 unspecified atom stereocenters. The molecule has 0 aliphatic carbocycles. The summed E-state index contributed by atoms with van der Waals surface area (Å²) in [5, 5.41) is 3.70. The van der Waals surface area contributed by atoms with E-state index >= 15 is 0 Å². The van der Waals surface area contributed by atoms with Crippen LogP contribution in [0.2, 0.25) is 0 Å². The summed E-state index contributed by atoms with van der Waals surface area (Å²) in [7, 11) is 2.07. The maximum Gasteiger partial charge on any atom is 0.0959 e. The quantitative estimate of drug-likeness (QED) is 0.450. The number of hydrogen-bond acceptors (Lipinski definition) is 1. The van der Waals surface area contributed by atoms with Gasteiger partial charge in [-0.05, 0) is 12.1 Å². The van der Waals surface area contributed by atoms with E-state index in [0.29, 0.717) is 0 Å². The highest BCUT2D eigenvalue weighted by Crippen LogP contribution is 2.30. The molecule has 0 saturated heterocycles. The molecule has 0 aliphatic rings. The van der Waals surface area contributed by atoms with Crippen LogP contribution in [0.15, 0.2) is 54.7 Å². The van der Waals surface area contributed by atoms with E-state index in [-0.39, 0.29) is 0 Å². The summed E-state index contributed by atoms with van der Waals surface area (Å²) in [6, 6.07) is 16.9. The van der Waals surface area contributed by atoms with Gasteiger partial charge in [-0.3, -0.25) is 0 Å². The minimum absolute atomic E-state index is 1.07. The Hall–Kier alpha value is -2.35. The molecule has 0 N–H and O–H groups in total. The largest absolute Gasteiger partial charge is 0.349 e. The molecule has 0 radical (unpaired) electrons. The molecule has 0 atom stereocenters. The third-order valence-electron chi connectivity index (χ3n) is 3.55. The fourth-order valence-corrected chi connectivity index (χ4v) is 2.70. The summed E-state index contributed by atoms with van der Waals surface area (Å²) < 4.78 is 2.14. The van der Waals surface area contributed by atoms with Gasteiger partial charge in [-0.1, -0.05) is 36.4 Å². The van der Waals surface area contributed by atoms with Crippen LogP contribution in [0.1, 0.15) is 0 Å². The zero-order valence-corrected chi connectivity index (χ0v) is 10.1. The molecule has 86 valence electrons. The van der Waals surface area contributed by atoms with Gasteiger partial charge in [0.1, 0.15) is 0 Å². The van der Waals surface area contributed by atoms with Crippen LogP contribution in [-0.2, 0) is 7.05 Å². The second-order valence-electron chi connectivity index (χ2n) is 4.65. The Kier molecular flexibility index (Phi) is 1.78. The van der Waals surface area contributed by atoms with Gasteiger partial charge in [0.05, 0.1) is 16.6 Å². The van der Waals surface area contributed by atoms with E-state index in [1.165, 1.54) is 21.7 Å². The first kappa shape index (κ1) is 9.66. The lowest BCUT2D eigenvalue weighted by Gasteiger charge is -2.05. The van der Waals surface area contributed by atoms with Crippen molar-refractivity contribution in [1.82, 2.24) is 9.55 Å². The second kappa shape index (κ2) is 3.33. The van der Waals surface area contributed by atoms with E-state index in [0.717, 1.165) is 11.0 Å². The Bertz CT molecular complexity index is 887. The Morgan fingerprint density at radius 1 is 0.889 bits per heavy atom. The van der Waals surface area contributed by atoms with Crippen molar-refractivity contribution in [3.63, 3.8) is 0 Å². The number of aryl methyl sites for hydroxylation is 1. The van der Waals surface area contributed by atoms with Crippen molar-refractivity contribution < 1.29 is 0 Å². The Labute approximate surface area is 104 Å². The number of pyridine rings is 1. The molecule has 0 fully saturated rings. The van der Waals surface area contributed by atoms with E-state index < -0.39 is 0 Å². The lowest BCUT2D eigenvalue weighted by atomic mass is 10.1. The molecule has 2 nitrogen and oxygen atoms in total. The Morgan fingerprint density at radius 3 is 2.72 bits per heavy atom. The molecule has 2 heteroatoms. The topological polar surface area (TPSA) is 17.8 Å².